The molecule has 0 spiro atoms. The highest BCUT2D eigenvalue weighted by Crippen LogP contribution is 2.21. The van der Waals surface area contributed by atoms with Crippen LogP contribution in [0.3, 0.4) is 0 Å². The lowest BCUT2D eigenvalue weighted by atomic mass is 10.2. The zero-order chi connectivity index (χ0) is 16.8. The number of hydrogen-bond donors (Lipinski definition) is 1. The van der Waals surface area contributed by atoms with Gasteiger partial charge in [-0.15, -0.1) is 0 Å². The van der Waals surface area contributed by atoms with Gasteiger partial charge in [-0.2, -0.15) is 5.10 Å². The lowest BCUT2D eigenvalue weighted by Gasteiger charge is -2.06. The molecule has 1 aromatic heterocycles. The maximum Gasteiger partial charge on any atom is 0.271 e. The van der Waals surface area contributed by atoms with Gasteiger partial charge in [-0.3, -0.25) is 4.79 Å². The summed E-state index contributed by atoms with van der Waals surface area (Å²) >= 11 is 0. The topological polar surface area (TPSA) is 63.8 Å². The van der Waals surface area contributed by atoms with Gasteiger partial charge in [0, 0.05) is 5.56 Å². The van der Waals surface area contributed by atoms with E-state index in [0.29, 0.717) is 17.1 Å². The molecule has 5 nitrogen and oxygen atoms in total. The smallest absolute Gasteiger partial charge is 0.271 e. The Morgan fingerprint density at radius 3 is 2.38 bits per heavy atom. The SMILES string of the molecule is Cc1ccc(/C=N/NC(=O)c2ccc(Oc3ccccc3)cc2)o1. The Labute approximate surface area is 139 Å². The van der Waals surface area contributed by atoms with Crippen LogP contribution < -0.4 is 10.2 Å². The van der Waals surface area contributed by atoms with E-state index in [2.05, 4.69) is 10.5 Å². The highest BCUT2D eigenvalue weighted by molar-refractivity contribution is 5.94. The van der Waals surface area contributed by atoms with E-state index in [4.69, 9.17) is 9.15 Å². The minimum absolute atomic E-state index is 0.305. The van der Waals surface area contributed by atoms with Crippen LogP contribution in [0.5, 0.6) is 11.5 Å². The fraction of sp³-hybridized carbons (Fsp3) is 0.0526. The zero-order valence-corrected chi connectivity index (χ0v) is 13.1. The van der Waals surface area contributed by atoms with Gasteiger partial charge in [-0.05, 0) is 55.5 Å². The molecule has 1 heterocycles. The molecule has 0 unspecified atom stereocenters. The standard InChI is InChI=1S/C19H16N2O3/c1-14-7-10-18(23-14)13-20-21-19(22)15-8-11-17(12-9-15)24-16-5-3-2-4-6-16/h2-13H,1H3,(H,21,22)/b20-13+. The van der Waals surface area contributed by atoms with E-state index in [-0.39, 0.29) is 5.91 Å². The molecule has 0 saturated carbocycles. The van der Waals surface area contributed by atoms with E-state index in [0.717, 1.165) is 11.5 Å². The molecule has 0 saturated heterocycles. The Morgan fingerprint density at radius 2 is 1.71 bits per heavy atom. The van der Waals surface area contributed by atoms with Crippen molar-refractivity contribution in [2.24, 2.45) is 5.10 Å². The number of rotatable bonds is 5. The van der Waals surface area contributed by atoms with Crippen LogP contribution in [-0.2, 0) is 0 Å². The molecular weight excluding hydrogens is 304 g/mol. The number of aryl methyl sites for hydroxylation is 1. The predicted molar refractivity (Wildman–Crippen MR) is 91.5 cm³/mol. The highest BCUT2D eigenvalue weighted by Gasteiger charge is 2.05. The lowest BCUT2D eigenvalue weighted by molar-refractivity contribution is 0.0955. The van der Waals surface area contributed by atoms with Crippen molar-refractivity contribution in [3.05, 3.63) is 83.8 Å². The molecule has 120 valence electrons. The summed E-state index contributed by atoms with van der Waals surface area (Å²) in [4.78, 5) is 12.0. The van der Waals surface area contributed by atoms with Crippen LogP contribution in [0.2, 0.25) is 0 Å². The number of hydrogen-bond acceptors (Lipinski definition) is 4. The summed E-state index contributed by atoms with van der Waals surface area (Å²) in [5.41, 5.74) is 2.94. The van der Waals surface area contributed by atoms with Gasteiger partial charge in [0.2, 0.25) is 0 Å². The first-order valence-electron chi connectivity index (χ1n) is 7.43. The number of ether oxygens (including phenoxy) is 1. The zero-order valence-electron chi connectivity index (χ0n) is 13.1. The molecule has 3 rings (SSSR count). The molecule has 2 aromatic carbocycles. The predicted octanol–water partition coefficient (Wildman–Crippen LogP) is 4.14. The molecule has 24 heavy (non-hydrogen) atoms. The molecule has 0 bridgehead atoms. The van der Waals surface area contributed by atoms with Gasteiger partial charge in [-0.1, -0.05) is 18.2 Å². The Bertz CT molecular complexity index is 837. The van der Waals surface area contributed by atoms with Crippen LogP contribution in [0.15, 0.2) is 76.2 Å². The first-order valence-corrected chi connectivity index (χ1v) is 7.43. The summed E-state index contributed by atoms with van der Waals surface area (Å²) < 4.78 is 11.0. The largest absolute Gasteiger partial charge is 0.460 e. The summed E-state index contributed by atoms with van der Waals surface area (Å²) in [7, 11) is 0. The number of benzene rings is 2. The van der Waals surface area contributed by atoms with Crippen LogP contribution in [0.25, 0.3) is 0 Å². The van der Waals surface area contributed by atoms with Crippen molar-refractivity contribution >= 4 is 12.1 Å². The number of carbonyl (C=O) groups is 1. The second kappa shape index (κ2) is 7.28. The van der Waals surface area contributed by atoms with Gasteiger partial charge in [-0.25, -0.2) is 5.43 Å². The van der Waals surface area contributed by atoms with Crippen LogP contribution in [0.4, 0.5) is 0 Å². The van der Waals surface area contributed by atoms with E-state index in [1.165, 1.54) is 6.21 Å². The average molecular weight is 320 g/mol. The Balaban J connectivity index is 1.58. The molecule has 5 heteroatoms. The number of para-hydroxylation sites is 1. The molecule has 0 aliphatic heterocycles. The van der Waals surface area contributed by atoms with Crippen molar-refractivity contribution < 1.29 is 13.9 Å². The minimum atomic E-state index is -0.305. The Hall–Kier alpha value is -3.34. The fourth-order valence-corrected chi connectivity index (χ4v) is 2.04. The molecule has 1 N–H and O–H groups in total. The fourth-order valence-electron chi connectivity index (χ4n) is 2.04. The second-order valence-corrected chi connectivity index (χ2v) is 5.09. The van der Waals surface area contributed by atoms with E-state index in [1.807, 2.05) is 43.3 Å². The summed E-state index contributed by atoms with van der Waals surface area (Å²) in [6.45, 7) is 1.84. The van der Waals surface area contributed by atoms with Crippen LogP contribution in [0, 0.1) is 6.92 Å². The Kier molecular flexibility index (Phi) is 4.72. The maximum atomic E-state index is 12.0. The molecule has 0 fully saturated rings. The van der Waals surface area contributed by atoms with Crippen LogP contribution in [0.1, 0.15) is 21.9 Å². The summed E-state index contributed by atoms with van der Waals surface area (Å²) in [6, 6.07) is 19.9. The number of carbonyl (C=O) groups excluding carboxylic acids is 1. The van der Waals surface area contributed by atoms with Crippen molar-refractivity contribution in [1.82, 2.24) is 5.43 Å². The highest BCUT2D eigenvalue weighted by atomic mass is 16.5. The van der Waals surface area contributed by atoms with Gasteiger partial charge >= 0.3 is 0 Å². The third-order valence-corrected chi connectivity index (χ3v) is 3.21. The Morgan fingerprint density at radius 1 is 1.00 bits per heavy atom. The van der Waals surface area contributed by atoms with Gasteiger partial charge in [0.15, 0.2) is 0 Å². The monoisotopic (exact) mass is 320 g/mol. The third kappa shape index (κ3) is 4.10. The van der Waals surface area contributed by atoms with Gasteiger partial charge < -0.3 is 9.15 Å². The minimum Gasteiger partial charge on any atom is -0.460 e. The van der Waals surface area contributed by atoms with Crippen LogP contribution >= 0.6 is 0 Å². The van der Waals surface area contributed by atoms with Crippen molar-refractivity contribution in [3.63, 3.8) is 0 Å². The van der Waals surface area contributed by atoms with Crippen molar-refractivity contribution in [2.45, 2.75) is 6.92 Å². The lowest BCUT2D eigenvalue weighted by Crippen LogP contribution is -2.17. The molecule has 0 radical (unpaired) electrons. The van der Waals surface area contributed by atoms with Crippen LogP contribution in [-0.4, -0.2) is 12.1 Å². The van der Waals surface area contributed by atoms with E-state index < -0.39 is 0 Å². The van der Waals surface area contributed by atoms with E-state index >= 15 is 0 Å². The quantitative estimate of drug-likeness (QED) is 0.567. The third-order valence-electron chi connectivity index (χ3n) is 3.21. The molecule has 0 aliphatic carbocycles. The number of amides is 1. The number of nitrogens with one attached hydrogen (secondary N) is 1. The molecule has 0 atom stereocenters. The maximum absolute atomic E-state index is 12.0. The second-order valence-electron chi connectivity index (χ2n) is 5.09. The molecule has 3 aromatic rings. The van der Waals surface area contributed by atoms with Crippen molar-refractivity contribution in [3.8, 4) is 11.5 Å². The van der Waals surface area contributed by atoms with Crippen molar-refractivity contribution in [1.29, 1.82) is 0 Å². The molecule has 0 aliphatic rings. The summed E-state index contributed by atoms with van der Waals surface area (Å²) in [5, 5.41) is 3.87. The summed E-state index contributed by atoms with van der Waals surface area (Å²) in [6.07, 6.45) is 1.46. The number of furan rings is 1. The first kappa shape index (κ1) is 15.6. The van der Waals surface area contributed by atoms with E-state index in [9.17, 15) is 4.79 Å². The summed E-state index contributed by atoms with van der Waals surface area (Å²) in [5.74, 6) is 2.47. The van der Waals surface area contributed by atoms with E-state index in [1.54, 1.807) is 30.3 Å². The van der Waals surface area contributed by atoms with Gasteiger partial charge in [0.05, 0.1) is 6.21 Å². The molecular formula is C19H16N2O3. The van der Waals surface area contributed by atoms with Gasteiger partial charge in [0.25, 0.3) is 5.91 Å². The first-order chi connectivity index (χ1) is 11.7. The number of hydrazone groups is 1. The van der Waals surface area contributed by atoms with Crippen molar-refractivity contribution in [2.75, 3.05) is 0 Å². The normalized spacial score (nSPS) is 10.7. The average Bonchev–Trinajstić information content (AvgIpc) is 3.02. The number of nitrogens with zero attached hydrogens (tertiary/aromatic N) is 1. The molecule has 1 amide bonds. The van der Waals surface area contributed by atoms with Gasteiger partial charge in [0.1, 0.15) is 23.0 Å².